The van der Waals surface area contributed by atoms with E-state index in [1.165, 1.54) is 6.42 Å². The van der Waals surface area contributed by atoms with E-state index in [4.69, 9.17) is 5.11 Å². The van der Waals surface area contributed by atoms with Crippen LogP contribution in [0.25, 0.3) is 0 Å². The van der Waals surface area contributed by atoms with Gasteiger partial charge in [0.05, 0.1) is 6.54 Å². The number of hydrogen-bond donors (Lipinski definition) is 3. The normalized spacial score (nSPS) is 28.1. The Morgan fingerprint density at radius 3 is 2.36 bits per heavy atom. The summed E-state index contributed by atoms with van der Waals surface area (Å²) < 4.78 is 0. The first-order valence-corrected chi connectivity index (χ1v) is 10.8. The summed E-state index contributed by atoms with van der Waals surface area (Å²) in [5, 5.41) is 14.9. The Balaban J connectivity index is 1.35. The minimum absolute atomic E-state index is 0.0163. The summed E-state index contributed by atoms with van der Waals surface area (Å²) in [5.41, 5.74) is 0. The van der Waals surface area contributed by atoms with Crippen LogP contribution >= 0.6 is 0 Å². The average Bonchev–Trinajstić information content (AvgIpc) is 3.11. The topological polar surface area (TPSA) is 102 Å². The SMILES string of the molecule is CCN(CC(=O)O)C1CC(NC(=O)NC2CCN(C(=O)C3CCCCC3)C2)C1. The first-order chi connectivity index (χ1) is 13.5. The van der Waals surface area contributed by atoms with E-state index in [0.29, 0.717) is 13.1 Å². The molecule has 2 aliphatic carbocycles. The molecular weight excluding hydrogens is 360 g/mol. The predicted molar refractivity (Wildman–Crippen MR) is 105 cm³/mol. The molecule has 1 aliphatic heterocycles. The number of urea groups is 1. The Labute approximate surface area is 167 Å². The van der Waals surface area contributed by atoms with Gasteiger partial charge < -0.3 is 20.6 Å². The molecule has 0 bridgehead atoms. The summed E-state index contributed by atoms with van der Waals surface area (Å²) in [6.07, 6.45) is 7.93. The van der Waals surface area contributed by atoms with E-state index >= 15 is 0 Å². The average molecular weight is 395 g/mol. The molecule has 3 amide bonds. The number of likely N-dealkylation sites (tertiary alicyclic amines) is 1. The lowest BCUT2D eigenvalue weighted by molar-refractivity contribution is -0.139. The van der Waals surface area contributed by atoms with Gasteiger partial charge in [-0.3, -0.25) is 14.5 Å². The van der Waals surface area contributed by atoms with Gasteiger partial charge in [0, 0.05) is 37.1 Å². The highest BCUT2D eigenvalue weighted by Gasteiger charge is 2.36. The number of likely N-dealkylation sites (N-methyl/N-ethyl adjacent to an activating group) is 1. The van der Waals surface area contributed by atoms with Crippen LogP contribution in [-0.4, -0.2) is 77.1 Å². The molecule has 0 radical (unpaired) electrons. The van der Waals surface area contributed by atoms with Gasteiger partial charge >= 0.3 is 12.0 Å². The van der Waals surface area contributed by atoms with Gasteiger partial charge in [-0.25, -0.2) is 4.79 Å². The quantitative estimate of drug-likeness (QED) is 0.606. The lowest BCUT2D eigenvalue weighted by Crippen LogP contribution is -2.57. The molecule has 3 aliphatic rings. The van der Waals surface area contributed by atoms with Crippen LogP contribution in [-0.2, 0) is 9.59 Å². The first kappa shape index (κ1) is 20.9. The number of hydrogen-bond acceptors (Lipinski definition) is 4. The lowest BCUT2D eigenvalue weighted by Gasteiger charge is -2.42. The van der Waals surface area contributed by atoms with Crippen LogP contribution in [0.2, 0.25) is 0 Å². The van der Waals surface area contributed by atoms with E-state index in [-0.39, 0.29) is 42.5 Å². The van der Waals surface area contributed by atoms with Crippen molar-refractivity contribution in [2.24, 2.45) is 5.92 Å². The zero-order chi connectivity index (χ0) is 20.1. The van der Waals surface area contributed by atoms with Crippen molar-refractivity contribution in [3.63, 3.8) is 0 Å². The second kappa shape index (κ2) is 9.58. The van der Waals surface area contributed by atoms with Crippen LogP contribution in [0.5, 0.6) is 0 Å². The number of nitrogens with one attached hydrogen (secondary N) is 2. The van der Waals surface area contributed by atoms with Gasteiger partial charge in [-0.2, -0.15) is 0 Å². The zero-order valence-corrected chi connectivity index (χ0v) is 16.9. The van der Waals surface area contributed by atoms with Gasteiger partial charge in [-0.05, 0) is 38.6 Å². The van der Waals surface area contributed by atoms with Crippen molar-refractivity contribution < 1.29 is 19.5 Å². The first-order valence-electron chi connectivity index (χ1n) is 10.8. The van der Waals surface area contributed by atoms with Gasteiger partial charge in [0.2, 0.25) is 5.91 Å². The van der Waals surface area contributed by atoms with Crippen LogP contribution in [0, 0.1) is 5.92 Å². The van der Waals surface area contributed by atoms with Crippen molar-refractivity contribution in [2.45, 2.75) is 76.4 Å². The smallest absolute Gasteiger partial charge is 0.317 e. The summed E-state index contributed by atoms with van der Waals surface area (Å²) in [6, 6.07) is 0.153. The molecule has 0 aromatic rings. The van der Waals surface area contributed by atoms with Crippen LogP contribution in [0.3, 0.4) is 0 Å². The number of carboxylic acids is 1. The standard InChI is InChI=1S/C20H34N4O4/c1-2-23(13-18(25)26)17-10-16(11-17)22-20(28)21-15-8-9-24(12-15)19(27)14-6-4-3-5-7-14/h14-17H,2-13H2,1H3,(H,25,26)(H2,21,22,28). The van der Waals surface area contributed by atoms with Gasteiger partial charge in [0.15, 0.2) is 0 Å². The zero-order valence-electron chi connectivity index (χ0n) is 16.9. The minimum atomic E-state index is -0.815. The van der Waals surface area contributed by atoms with E-state index < -0.39 is 5.97 Å². The highest BCUT2D eigenvalue weighted by Crippen LogP contribution is 2.27. The second-order valence-electron chi connectivity index (χ2n) is 8.50. The van der Waals surface area contributed by atoms with Crippen molar-refractivity contribution in [1.29, 1.82) is 0 Å². The van der Waals surface area contributed by atoms with Crippen molar-refractivity contribution >= 4 is 17.9 Å². The van der Waals surface area contributed by atoms with Crippen LogP contribution in [0.4, 0.5) is 4.79 Å². The largest absolute Gasteiger partial charge is 0.480 e. The number of carbonyl (C=O) groups is 3. The number of amides is 3. The van der Waals surface area contributed by atoms with Gasteiger partial charge in [0.1, 0.15) is 0 Å². The van der Waals surface area contributed by atoms with E-state index in [1.807, 2.05) is 16.7 Å². The predicted octanol–water partition coefficient (Wildman–Crippen LogP) is 1.40. The Bertz CT molecular complexity index is 573. The molecule has 3 rings (SSSR count). The van der Waals surface area contributed by atoms with Crippen molar-refractivity contribution in [2.75, 3.05) is 26.2 Å². The summed E-state index contributed by atoms with van der Waals surface area (Å²) in [6.45, 7) is 4.04. The third-order valence-electron chi connectivity index (χ3n) is 6.50. The van der Waals surface area contributed by atoms with E-state index in [2.05, 4.69) is 10.6 Å². The molecule has 0 aromatic heterocycles. The molecule has 1 saturated heterocycles. The number of carbonyl (C=O) groups excluding carboxylic acids is 2. The van der Waals surface area contributed by atoms with Crippen LogP contribution in [0.1, 0.15) is 58.3 Å². The third kappa shape index (κ3) is 5.37. The number of aliphatic carboxylic acids is 1. The number of rotatable bonds is 7. The molecule has 0 spiro atoms. The molecule has 1 heterocycles. The molecular formula is C20H34N4O4. The molecule has 3 N–H and O–H groups in total. The molecule has 28 heavy (non-hydrogen) atoms. The van der Waals surface area contributed by atoms with E-state index in [0.717, 1.165) is 51.5 Å². The Morgan fingerprint density at radius 1 is 1.04 bits per heavy atom. The highest BCUT2D eigenvalue weighted by atomic mass is 16.4. The monoisotopic (exact) mass is 394 g/mol. The summed E-state index contributed by atoms with van der Waals surface area (Å²) in [5.74, 6) is -0.366. The molecule has 158 valence electrons. The molecule has 0 aromatic carbocycles. The van der Waals surface area contributed by atoms with E-state index in [9.17, 15) is 14.4 Å². The van der Waals surface area contributed by atoms with E-state index in [1.54, 1.807) is 0 Å². The maximum Gasteiger partial charge on any atom is 0.317 e. The van der Waals surface area contributed by atoms with Crippen LogP contribution < -0.4 is 10.6 Å². The molecule has 1 atom stereocenters. The van der Waals surface area contributed by atoms with Crippen molar-refractivity contribution in [3.8, 4) is 0 Å². The fourth-order valence-electron chi connectivity index (χ4n) is 4.78. The fourth-order valence-corrected chi connectivity index (χ4v) is 4.78. The van der Waals surface area contributed by atoms with Crippen molar-refractivity contribution in [3.05, 3.63) is 0 Å². The Kier molecular flexibility index (Phi) is 7.15. The Morgan fingerprint density at radius 2 is 1.71 bits per heavy atom. The second-order valence-corrected chi connectivity index (χ2v) is 8.50. The lowest BCUT2D eigenvalue weighted by atomic mass is 9.85. The fraction of sp³-hybridized carbons (Fsp3) is 0.850. The summed E-state index contributed by atoms with van der Waals surface area (Å²) in [4.78, 5) is 39.6. The van der Waals surface area contributed by atoms with Gasteiger partial charge in [0.25, 0.3) is 0 Å². The van der Waals surface area contributed by atoms with Gasteiger partial charge in [-0.15, -0.1) is 0 Å². The van der Waals surface area contributed by atoms with Crippen molar-refractivity contribution in [1.82, 2.24) is 20.4 Å². The Hall–Kier alpha value is -1.83. The maximum absolute atomic E-state index is 12.6. The molecule has 3 fully saturated rings. The molecule has 2 saturated carbocycles. The molecule has 1 unspecified atom stereocenters. The number of nitrogens with zero attached hydrogens (tertiary/aromatic N) is 2. The number of carboxylic acid groups (broad SMARTS) is 1. The van der Waals surface area contributed by atoms with Crippen LogP contribution in [0.15, 0.2) is 0 Å². The third-order valence-corrected chi connectivity index (χ3v) is 6.50. The maximum atomic E-state index is 12.6. The highest BCUT2D eigenvalue weighted by molar-refractivity contribution is 5.79. The molecule has 8 nitrogen and oxygen atoms in total. The molecule has 8 heteroatoms. The minimum Gasteiger partial charge on any atom is -0.480 e. The van der Waals surface area contributed by atoms with Gasteiger partial charge in [-0.1, -0.05) is 26.2 Å². The summed E-state index contributed by atoms with van der Waals surface area (Å²) in [7, 11) is 0. The summed E-state index contributed by atoms with van der Waals surface area (Å²) >= 11 is 0.